The van der Waals surface area contributed by atoms with Crippen LogP contribution in [0.3, 0.4) is 0 Å². The Labute approximate surface area is 140 Å². The first-order valence-corrected chi connectivity index (χ1v) is 7.70. The molecule has 8 heteroatoms. The number of anilines is 2. The molecular weight excluding hydrogens is 341 g/mol. The Morgan fingerprint density at radius 3 is 2.46 bits per heavy atom. The molecule has 0 radical (unpaired) electrons. The minimum atomic E-state index is -4.55. The standard InChI is InChI=1S/C16H13F3N2O2S/c1-10(22)20-13-4-3-12(16(17,18)19)8-14(13)21-15(23)5-2-11-6-7-24-9-11/h2-9H,1H3,(H,20,22)(H,21,23)/b5-2+. The second-order valence-corrected chi connectivity index (χ2v) is 5.60. The van der Waals surface area contributed by atoms with Crippen LogP contribution in [-0.4, -0.2) is 11.8 Å². The smallest absolute Gasteiger partial charge is 0.325 e. The predicted molar refractivity (Wildman–Crippen MR) is 87.7 cm³/mol. The zero-order valence-electron chi connectivity index (χ0n) is 12.5. The summed E-state index contributed by atoms with van der Waals surface area (Å²) in [5, 5.41) is 8.39. The average Bonchev–Trinajstić information content (AvgIpc) is 2.98. The van der Waals surface area contributed by atoms with Gasteiger partial charge in [0.25, 0.3) is 0 Å². The van der Waals surface area contributed by atoms with E-state index in [4.69, 9.17) is 0 Å². The highest BCUT2D eigenvalue weighted by atomic mass is 32.1. The Morgan fingerprint density at radius 2 is 1.88 bits per heavy atom. The predicted octanol–water partition coefficient (Wildman–Crippen LogP) is 4.38. The maximum atomic E-state index is 12.8. The van der Waals surface area contributed by atoms with Crippen LogP contribution >= 0.6 is 11.3 Å². The number of halogens is 3. The summed E-state index contributed by atoms with van der Waals surface area (Å²) in [6, 6.07) is 4.51. The van der Waals surface area contributed by atoms with Gasteiger partial charge in [0.2, 0.25) is 11.8 Å². The first-order chi connectivity index (χ1) is 11.3. The Balaban J connectivity index is 2.24. The van der Waals surface area contributed by atoms with Crippen molar-refractivity contribution in [2.24, 2.45) is 0 Å². The number of carbonyl (C=O) groups is 2. The van der Waals surface area contributed by atoms with E-state index in [0.29, 0.717) is 0 Å². The minimum absolute atomic E-state index is 0.0905. The molecule has 0 aliphatic carbocycles. The van der Waals surface area contributed by atoms with Crippen LogP contribution in [0.2, 0.25) is 0 Å². The average molecular weight is 354 g/mol. The van der Waals surface area contributed by atoms with Gasteiger partial charge in [-0.05, 0) is 46.7 Å². The molecule has 1 aromatic carbocycles. The van der Waals surface area contributed by atoms with E-state index in [-0.39, 0.29) is 11.4 Å². The maximum absolute atomic E-state index is 12.8. The number of rotatable bonds is 4. The third-order valence-corrected chi connectivity index (χ3v) is 3.59. The van der Waals surface area contributed by atoms with Gasteiger partial charge in [-0.15, -0.1) is 0 Å². The third kappa shape index (κ3) is 4.95. The number of carbonyl (C=O) groups excluding carboxylic acids is 2. The molecule has 2 aromatic rings. The summed E-state index contributed by atoms with van der Waals surface area (Å²) in [5.41, 5.74) is -0.150. The number of hydrogen-bond donors (Lipinski definition) is 2. The van der Waals surface area contributed by atoms with E-state index >= 15 is 0 Å². The molecule has 0 fully saturated rings. The fourth-order valence-electron chi connectivity index (χ4n) is 1.84. The molecule has 24 heavy (non-hydrogen) atoms. The van der Waals surface area contributed by atoms with E-state index in [1.54, 1.807) is 6.07 Å². The van der Waals surface area contributed by atoms with E-state index in [0.717, 1.165) is 23.8 Å². The van der Waals surface area contributed by atoms with Gasteiger partial charge in [0.05, 0.1) is 16.9 Å². The Kier molecular flexibility index (Phi) is 5.40. The molecule has 0 spiro atoms. The van der Waals surface area contributed by atoms with Crippen molar-refractivity contribution in [2.75, 3.05) is 10.6 Å². The lowest BCUT2D eigenvalue weighted by molar-refractivity contribution is -0.137. The maximum Gasteiger partial charge on any atom is 0.416 e. The SMILES string of the molecule is CC(=O)Nc1ccc(C(F)(F)F)cc1NC(=O)/C=C/c1ccsc1. The number of alkyl halides is 3. The number of benzene rings is 1. The van der Waals surface area contributed by atoms with Crippen LogP contribution in [0.4, 0.5) is 24.5 Å². The van der Waals surface area contributed by atoms with Crippen molar-refractivity contribution in [3.05, 3.63) is 52.2 Å². The van der Waals surface area contributed by atoms with Crippen molar-refractivity contribution in [3.8, 4) is 0 Å². The highest BCUT2D eigenvalue weighted by molar-refractivity contribution is 7.08. The van der Waals surface area contributed by atoms with Gasteiger partial charge >= 0.3 is 6.18 Å². The van der Waals surface area contributed by atoms with Crippen molar-refractivity contribution in [2.45, 2.75) is 13.1 Å². The van der Waals surface area contributed by atoms with E-state index < -0.39 is 23.6 Å². The van der Waals surface area contributed by atoms with E-state index in [1.807, 2.05) is 10.8 Å². The lowest BCUT2D eigenvalue weighted by atomic mass is 10.1. The topological polar surface area (TPSA) is 58.2 Å². The molecule has 0 bridgehead atoms. The monoisotopic (exact) mass is 354 g/mol. The summed E-state index contributed by atoms with van der Waals surface area (Å²) in [7, 11) is 0. The molecule has 0 saturated heterocycles. The molecule has 0 unspecified atom stereocenters. The highest BCUT2D eigenvalue weighted by Crippen LogP contribution is 2.34. The number of hydrogen-bond acceptors (Lipinski definition) is 3. The molecule has 2 N–H and O–H groups in total. The Bertz CT molecular complexity index is 768. The van der Waals surface area contributed by atoms with Crippen LogP contribution in [0.5, 0.6) is 0 Å². The molecule has 0 saturated carbocycles. The lowest BCUT2D eigenvalue weighted by Crippen LogP contribution is -2.14. The van der Waals surface area contributed by atoms with Crippen molar-refractivity contribution >= 4 is 40.6 Å². The van der Waals surface area contributed by atoms with Crippen molar-refractivity contribution < 1.29 is 22.8 Å². The molecule has 0 atom stereocenters. The Morgan fingerprint density at radius 1 is 1.12 bits per heavy atom. The number of thiophene rings is 1. The van der Waals surface area contributed by atoms with Crippen LogP contribution in [0.15, 0.2) is 41.1 Å². The fraction of sp³-hybridized carbons (Fsp3) is 0.125. The number of amides is 2. The van der Waals surface area contributed by atoms with Crippen LogP contribution in [0.25, 0.3) is 6.08 Å². The van der Waals surface area contributed by atoms with Crippen molar-refractivity contribution in [1.82, 2.24) is 0 Å². The zero-order chi connectivity index (χ0) is 17.7. The van der Waals surface area contributed by atoms with Gasteiger partial charge in [0.15, 0.2) is 0 Å². The summed E-state index contributed by atoms with van der Waals surface area (Å²) in [5.74, 6) is -1.06. The first-order valence-electron chi connectivity index (χ1n) is 6.76. The minimum Gasteiger partial charge on any atom is -0.325 e. The molecule has 0 aliphatic heterocycles. The molecule has 1 heterocycles. The van der Waals surface area contributed by atoms with Crippen LogP contribution in [-0.2, 0) is 15.8 Å². The van der Waals surface area contributed by atoms with Gasteiger partial charge in [0.1, 0.15) is 0 Å². The first kappa shape index (κ1) is 17.7. The van der Waals surface area contributed by atoms with Gasteiger partial charge < -0.3 is 10.6 Å². The zero-order valence-corrected chi connectivity index (χ0v) is 13.3. The molecule has 126 valence electrons. The Hall–Kier alpha value is -2.61. The van der Waals surface area contributed by atoms with Crippen LogP contribution in [0, 0.1) is 0 Å². The van der Waals surface area contributed by atoms with E-state index in [2.05, 4.69) is 10.6 Å². The van der Waals surface area contributed by atoms with Crippen LogP contribution in [0.1, 0.15) is 18.1 Å². The van der Waals surface area contributed by atoms with Gasteiger partial charge in [0, 0.05) is 13.0 Å². The second kappa shape index (κ2) is 7.31. The summed E-state index contributed by atoms with van der Waals surface area (Å²) < 4.78 is 38.5. The second-order valence-electron chi connectivity index (χ2n) is 4.82. The number of nitrogens with one attached hydrogen (secondary N) is 2. The summed E-state index contributed by atoms with van der Waals surface area (Å²) >= 11 is 1.45. The van der Waals surface area contributed by atoms with Crippen molar-refractivity contribution in [1.29, 1.82) is 0 Å². The molecule has 2 rings (SSSR count). The quantitative estimate of drug-likeness (QED) is 0.801. The normalized spacial score (nSPS) is 11.5. The van der Waals surface area contributed by atoms with Crippen LogP contribution < -0.4 is 10.6 Å². The van der Waals surface area contributed by atoms with Gasteiger partial charge in [-0.2, -0.15) is 24.5 Å². The van der Waals surface area contributed by atoms with Gasteiger partial charge in [-0.1, -0.05) is 0 Å². The molecule has 4 nitrogen and oxygen atoms in total. The van der Waals surface area contributed by atoms with E-state index in [9.17, 15) is 22.8 Å². The summed E-state index contributed by atoms with van der Waals surface area (Å²) in [4.78, 5) is 23.1. The van der Waals surface area contributed by atoms with E-state index in [1.165, 1.54) is 30.4 Å². The fourth-order valence-corrected chi connectivity index (χ4v) is 2.47. The molecule has 0 aliphatic rings. The largest absolute Gasteiger partial charge is 0.416 e. The highest BCUT2D eigenvalue weighted by Gasteiger charge is 2.31. The molecular formula is C16H13F3N2O2S. The summed E-state index contributed by atoms with van der Waals surface area (Å²) in [6.07, 6.45) is -1.81. The van der Waals surface area contributed by atoms with Gasteiger partial charge in [-0.25, -0.2) is 0 Å². The third-order valence-electron chi connectivity index (χ3n) is 2.89. The molecule has 1 aromatic heterocycles. The lowest BCUT2D eigenvalue weighted by Gasteiger charge is -2.14. The summed E-state index contributed by atoms with van der Waals surface area (Å²) in [6.45, 7) is 1.22. The van der Waals surface area contributed by atoms with Crippen molar-refractivity contribution in [3.63, 3.8) is 0 Å². The molecule has 2 amide bonds. The van der Waals surface area contributed by atoms with Gasteiger partial charge in [-0.3, -0.25) is 9.59 Å².